The molecule has 0 heterocycles. The summed E-state index contributed by atoms with van der Waals surface area (Å²) in [6, 6.07) is 5.68. The minimum absolute atomic E-state index is 0.115. The van der Waals surface area contributed by atoms with Gasteiger partial charge in [-0.3, -0.25) is 14.5 Å². The van der Waals surface area contributed by atoms with Crippen molar-refractivity contribution in [2.75, 3.05) is 20.1 Å². The van der Waals surface area contributed by atoms with E-state index in [9.17, 15) is 9.59 Å². The van der Waals surface area contributed by atoms with E-state index in [0.717, 1.165) is 0 Å². The van der Waals surface area contributed by atoms with E-state index in [4.69, 9.17) is 25.4 Å². The molecule has 0 amide bonds. The maximum Gasteiger partial charge on any atom is 0.488 e. The molecular formula is C11H16BNO7. The van der Waals surface area contributed by atoms with Crippen molar-refractivity contribution < 1.29 is 35.0 Å². The van der Waals surface area contributed by atoms with E-state index < -0.39 is 19.1 Å². The molecule has 1 aromatic rings. The first-order chi connectivity index (χ1) is 9.22. The smallest absolute Gasteiger partial charge is 0.488 e. The van der Waals surface area contributed by atoms with Crippen LogP contribution in [0.3, 0.4) is 0 Å². The standard InChI is InChI=1S/C6H7BO3.C5H9NO4/c8-6-3-1-5(2-4-6)7(9)10;1-6(2-4(7)8)3-5(9)10/h1-4,8-10H;2-3H2,1H3,(H,7,8)(H,9,10). The molecule has 0 aliphatic rings. The van der Waals surface area contributed by atoms with Gasteiger partial charge in [0, 0.05) is 0 Å². The Bertz CT molecular complexity index is 419. The lowest BCUT2D eigenvalue weighted by molar-refractivity contribution is -0.141. The van der Waals surface area contributed by atoms with Crippen molar-refractivity contribution in [1.29, 1.82) is 0 Å². The number of phenolic OH excluding ortho intramolecular Hbond substituents is 1. The fourth-order valence-electron chi connectivity index (χ4n) is 1.16. The number of aliphatic carboxylic acids is 2. The van der Waals surface area contributed by atoms with Crippen LogP contribution in [0, 0.1) is 0 Å². The first-order valence-corrected chi connectivity index (χ1v) is 5.49. The quantitative estimate of drug-likeness (QED) is 0.398. The van der Waals surface area contributed by atoms with Crippen LogP contribution in [-0.4, -0.2) is 69.5 Å². The van der Waals surface area contributed by atoms with Gasteiger partial charge in [-0.05, 0) is 24.6 Å². The number of hydrogen-bond acceptors (Lipinski definition) is 6. The van der Waals surface area contributed by atoms with Crippen molar-refractivity contribution in [2.45, 2.75) is 0 Å². The molecule has 0 saturated carbocycles. The molecular weight excluding hydrogens is 269 g/mol. The number of likely N-dealkylation sites (N-methyl/N-ethyl adjacent to an activating group) is 1. The lowest BCUT2D eigenvalue weighted by Crippen LogP contribution is -2.30. The van der Waals surface area contributed by atoms with Gasteiger partial charge in [-0.15, -0.1) is 0 Å². The Morgan fingerprint density at radius 3 is 1.75 bits per heavy atom. The molecule has 0 spiro atoms. The molecule has 0 atom stereocenters. The van der Waals surface area contributed by atoms with E-state index >= 15 is 0 Å². The van der Waals surface area contributed by atoms with Gasteiger partial charge in [0.25, 0.3) is 0 Å². The minimum atomic E-state index is -1.46. The van der Waals surface area contributed by atoms with E-state index in [1.807, 2.05) is 0 Å². The second kappa shape index (κ2) is 8.91. The number of carboxylic acid groups (broad SMARTS) is 2. The van der Waals surface area contributed by atoms with Crippen molar-refractivity contribution in [3.8, 4) is 5.75 Å². The number of hydrogen-bond donors (Lipinski definition) is 5. The minimum Gasteiger partial charge on any atom is -0.508 e. The van der Waals surface area contributed by atoms with Crippen LogP contribution >= 0.6 is 0 Å². The average molecular weight is 285 g/mol. The van der Waals surface area contributed by atoms with Gasteiger partial charge in [-0.25, -0.2) is 0 Å². The average Bonchev–Trinajstić information content (AvgIpc) is 2.27. The van der Waals surface area contributed by atoms with Crippen LogP contribution in [0.4, 0.5) is 0 Å². The maximum atomic E-state index is 9.96. The van der Waals surface area contributed by atoms with E-state index in [2.05, 4.69) is 0 Å². The summed E-state index contributed by atoms with van der Waals surface area (Å²) < 4.78 is 0. The van der Waals surface area contributed by atoms with Crippen molar-refractivity contribution in [1.82, 2.24) is 4.90 Å². The van der Waals surface area contributed by atoms with Gasteiger partial charge >= 0.3 is 19.1 Å². The van der Waals surface area contributed by atoms with Crippen LogP contribution in [0.5, 0.6) is 5.75 Å². The zero-order valence-electron chi connectivity index (χ0n) is 10.8. The molecule has 8 nitrogen and oxygen atoms in total. The van der Waals surface area contributed by atoms with Crippen molar-refractivity contribution in [3.05, 3.63) is 24.3 Å². The molecule has 0 aliphatic carbocycles. The zero-order chi connectivity index (χ0) is 15.7. The highest BCUT2D eigenvalue weighted by Gasteiger charge is 2.09. The monoisotopic (exact) mass is 285 g/mol. The van der Waals surface area contributed by atoms with Gasteiger partial charge in [0.05, 0.1) is 13.1 Å². The largest absolute Gasteiger partial charge is 0.508 e. The third-order valence-corrected chi connectivity index (χ3v) is 2.00. The molecule has 0 saturated heterocycles. The molecule has 0 unspecified atom stereocenters. The van der Waals surface area contributed by atoms with Crippen LogP contribution in [0.2, 0.25) is 0 Å². The molecule has 9 heteroatoms. The van der Waals surface area contributed by atoms with Gasteiger partial charge in [0.2, 0.25) is 0 Å². The Labute approximate surface area is 115 Å². The molecule has 0 radical (unpaired) electrons. The fraction of sp³-hybridized carbons (Fsp3) is 0.273. The van der Waals surface area contributed by atoms with Crippen LogP contribution in [0.1, 0.15) is 0 Å². The SMILES string of the molecule is CN(CC(=O)O)CC(=O)O.OB(O)c1ccc(O)cc1. The zero-order valence-corrected chi connectivity index (χ0v) is 10.8. The fourth-order valence-corrected chi connectivity index (χ4v) is 1.16. The highest BCUT2D eigenvalue weighted by molar-refractivity contribution is 6.58. The van der Waals surface area contributed by atoms with Gasteiger partial charge in [0.1, 0.15) is 5.75 Å². The number of aromatic hydroxyl groups is 1. The Kier molecular flexibility index (Phi) is 7.98. The lowest BCUT2D eigenvalue weighted by Gasteiger charge is -2.08. The summed E-state index contributed by atoms with van der Waals surface area (Å²) >= 11 is 0. The van der Waals surface area contributed by atoms with Gasteiger partial charge < -0.3 is 25.4 Å². The third kappa shape index (κ3) is 8.92. The second-order valence-corrected chi connectivity index (χ2v) is 3.92. The molecule has 5 N–H and O–H groups in total. The lowest BCUT2D eigenvalue weighted by atomic mass is 9.80. The summed E-state index contributed by atoms with van der Waals surface area (Å²) in [6.07, 6.45) is 0. The number of rotatable bonds is 5. The van der Waals surface area contributed by atoms with Crippen molar-refractivity contribution >= 4 is 24.5 Å². The molecule has 0 aromatic heterocycles. The molecule has 0 aliphatic heterocycles. The van der Waals surface area contributed by atoms with Gasteiger partial charge in [0.15, 0.2) is 0 Å². The number of carbonyl (C=O) groups is 2. The summed E-state index contributed by atoms with van der Waals surface area (Å²) in [5, 5.41) is 42.3. The molecule has 0 fully saturated rings. The van der Waals surface area contributed by atoms with Crippen LogP contribution in [0.15, 0.2) is 24.3 Å². The number of carboxylic acids is 2. The topological polar surface area (TPSA) is 139 Å². The Morgan fingerprint density at radius 1 is 1.05 bits per heavy atom. The van der Waals surface area contributed by atoms with Crippen LogP contribution in [-0.2, 0) is 9.59 Å². The van der Waals surface area contributed by atoms with Crippen LogP contribution < -0.4 is 5.46 Å². The molecule has 110 valence electrons. The van der Waals surface area contributed by atoms with Crippen molar-refractivity contribution in [3.63, 3.8) is 0 Å². The first-order valence-electron chi connectivity index (χ1n) is 5.49. The molecule has 20 heavy (non-hydrogen) atoms. The highest BCUT2D eigenvalue weighted by Crippen LogP contribution is 2.02. The van der Waals surface area contributed by atoms with E-state index in [0.29, 0.717) is 5.46 Å². The number of phenols is 1. The second-order valence-electron chi connectivity index (χ2n) is 3.92. The Balaban J connectivity index is 0.000000361. The number of benzene rings is 1. The van der Waals surface area contributed by atoms with E-state index in [1.165, 1.54) is 36.2 Å². The van der Waals surface area contributed by atoms with Crippen molar-refractivity contribution in [2.24, 2.45) is 0 Å². The summed E-state index contributed by atoms with van der Waals surface area (Å²) in [5.74, 6) is -1.93. The maximum absolute atomic E-state index is 9.96. The highest BCUT2D eigenvalue weighted by atomic mass is 16.4. The third-order valence-electron chi connectivity index (χ3n) is 2.00. The predicted octanol–water partition coefficient (Wildman–Crippen LogP) is -1.84. The summed E-state index contributed by atoms with van der Waals surface area (Å²) in [6.45, 7) is -0.488. The molecule has 0 bridgehead atoms. The van der Waals surface area contributed by atoms with E-state index in [-0.39, 0.29) is 18.8 Å². The number of nitrogens with zero attached hydrogens (tertiary/aromatic N) is 1. The summed E-state index contributed by atoms with van der Waals surface area (Å²) in [5.41, 5.74) is 0.373. The van der Waals surface area contributed by atoms with E-state index in [1.54, 1.807) is 0 Å². The molecule has 1 rings (SSSR count). The van der Waals surface area contributed by atoms with Gasteiger partial charge in [-0.1, -0.05) is 12.1 Å². The van der Waals surface area contributed by atoms with Gasteiger partial charge in [-0.2, -0.15) is 0 Å². The molecule has 1 aromatic carbocycles. The summed E-state index contributed by atoms with van der Waals surface area (Å²) in [7, 11) is -0.0250. The van der Waals surface area contributed by atoms with Crippen LogP contribution in [0.25, 0.3) is 0 Å². The Morgan fingerprint density at radius 2 is 1.45 bits per heavy atom. The predicted molar refractivity (Wildman–Crippen MR) is 70.7 cm³/mol. The normalized spacial score (nSPS) is 9.60. The summed E-state index contributed by atoms with van der Waals surface area (Å²) in [4.78, 5) is 21.1. The Hall–Kier alpha value is -2.10. The first kappa shape index (κ1) is 17.9.